The summed E-state index contributed by atoms with van der Waals surface area (Å²) in [6, 6.07) is 7.84. The number of nitrogens with zero attached hydrogens (tertiary/aromatic N) is 2. The van der Waals surface area contributed by atoms with Crippen LogP contribution < -0.4 is 10.7 Å². The number of amides is 2. The predicted molar refractivity (Wildman–Crippen MR) is 99.7 cm³/mol. The van der Waals surface area contributed by atoms with Crippen molar-refractivity contribution < 1.29 is 9.59 Å². The molecule has 2 N–H and O–H groups in total. The van der Waals surface area contributed by atoms with Crippen LogP contribution in [0.2, 0.25) is 0 Å². The maximum absolute atomic E-state index is 13.0. The summed E-state index contributed by atoms with van der Waals surface area (Å²) in [6.45, 7) is 4.28. The number of benzene rings is 1. The Bertz CT molecular complexity index is 747. The van der Waals surface area contributed by atoms with Crippen LogP contribution in [0.25, 0.3) is 0 Å². The molecule has 1 saturated heterocycles. The number of hydrazine groups is 1. The highest BCUT2D eigenvalue weighted by molar-refractivity contribution is 5.96. The summed E-state index contributed by atoms with van der Waals surface area (Å²) in [7, 11) is 0. The fourth-order valence-electron chi connectivity index (χ4n) is 4.45. The lowest BCUT2D eigenvalue weighted by molar-refractivity contribution is -0.138. The monoisotopic (exact) mass is 354 g/mol. The van der Waals surface area contributed by atoms with Crippen LogP contribution in [0.5, 0.6) is 0 Å². The van der Waals surface area contributed by atoms with E-state index in [9.17, 15) is 9.59 Å². The molecule has 6 nitrogen and oxygen atoms in total. The van der Waals surface area contributed by atoms with Crippen molar-refractivity contribution in [2.75, 3.05) is 11.9 Å². The Labute approximate surface area is 154 Å². The number of hydrogen-bond donors (Lipinski definition) is 2. The molecule has 0 aromatic heterocycles. The molecule has 0 spiro atoms. The van der Waals surface area contributed by atoms with Crippen LogP contribution in [-0.2, 0) is 9.59 Å². The van der Waals surface area contributed by atoms with E-state index in [1.54, 1.807) is 11.1 Å². The van der Waals surface area contributed by atoms with Crippen LogP contribution in [-0.4, -0.2) is 40.4 Å². The molecule has 2 aliphatic heterocycles. The molecule has 138 valence electrons. The molecular weight excluding hydrogens is 328 g/mol. The van der Waals surface area contributed by atoms with E-state index in [4.69, 9.17) is 0 Å². The van der Waals surface area contributed by atoms with E-state index in [0.717, 1.165) is 24.1 Å². The second-order valence-corrected chi connectivity index (χ2v) is 7.85. The van der Waals surface area contributed by atoms with Gasteiger partial charge < -0.3 is 15.2 Å². The molecule has 0 bridgehead atoms. The number of anilines is 1. The van der Waals surface area contributed by atoms with Crippen molar-refractivity contribution >= 4 is 17.5 Å². The summed E-state index contributed by atoms with van der Waals surface area (Å²) in [6.07, 6.45) is 6.97. The summed E-state index contributed by atoms with van der Waals surface area (Å²) < 4.78 is 0. The molecule has 26 heavy (non-hydrogen) atoms. The summed E-state index contributed by atoms with van der Waals surface area (Å²) in [5, 5.41) is 4.83. The predicted octanol–water partition coefficient (Wildman–Crippen LogP) is 2.24. The molecule has 3 aliphatic rings. The summed E-state index contributed by atoms with van der Waals surface area (Å²) in [5.41, 5.74) is 5.31. The average molecular weight is 354 g/mol. The molecule has 1 aliphatic carbocycles. The summed E-state index contributed by atoms with van der Waals surface area (Å²) in [4.78, 5) is 27.0. The lowest BCUT2D eigenvalue weighted by Crippen LogP contribution is -2.51. The molecule has 1 aromatic carbocycles. The van der Waals surface area contributed by atoms with Gasteiger partial charge >= 0.3 is 0 Å². The third-order valence-corrected chi connectivity index (χ3v) is 5.74. The van der Waals surface area contributed by atoms with Crippen molar-refractivity contribution in [3.8, 4) is 0 Å². The Balaban J connectivity index is 1.43. The van der Waals surface area contributed by atoms with Crippen LogP contribution in [0, 0.1) is 18.8 Å². The van der Waals surface area contributed by atoms with Gasteiger partial charge in [0.15, 0.2) is 0 Å². The number of nitrogens with one attached hydrogen (secondary N) is 2. The Hall–Kier alpha value is -2.34. The smallest absolute Gasteiger partial charge is 0.251 e. The molecule has 2 heterocycles. The maximum atomic E-state index is 13.0. The second-order valence-electron chi connectivity index (χ2n) is 7.85. The minimum atomic E-state index is -0.195. The Morgan fingerprint density at radius 3 is 2.96 bits per heavy atom. The van der Waals surface area contributed by atoms with Crippen molar-refractivity contribution in [3.05, 3.63) is 42.2 Å². The van der Waals surface area contributed by atoms with Gasteiger partial charge in [-0.05, 0) is 49.8 Å². The van der Waals surface area contributed by atoms with E-state index in [-0.39, 0.29) is 24.4 Å². The first-order valence-electron chi connectivity index (χ1n) is 9.41. The van der Waals surface area contributed by atoms with Gasteiger partial charge in [-0.2, -0.15) is 0 Å². The molecule has 1 aromatic rings. The van der Waals surface area contributed by atoms with Crippen LogP contribution in [0.3, 0.4) is 0 Å². The lowest BCUT2D eigenvalue weighted by Gasteiger charge is -2.35. The molecule has 4 atom stereocenters. The van der Waals surface area contributed by atoms with Crippen molar-refractivity contribution in [1.82, 2.24) is 15.3 Å². The van der Waals surface area contributed by atoms with E-state index < -0.39 is 0 Å². The molecule has 0 radical (unpaired) electrons. The number of hydrogen-bond acceptors (Lipinski definition) is 4. The second kappa shape index (κ2) is 6.76. The van der Waals surface area contributed by atoms with Crippen LogP contribution in [0.4, 0.5) is 5.69 Å². The zero-order valence-electron chi connectivity index (χ0n) is 15.3. The normalized spacial score (nSPS) is 30.2. The van der Waals surface area contributed by atoms with Crippen LogP contribution in [0.15, 0.2) is 36.7 Å². The Kier molecular flexibility index (Phi) is 4.44. The maximum Gasteiger partial charge on any atom is 0.251 e. The SMILES string of the molecule is Cc1cccc(NC(=O)CN2C=CN3NC4CCC(C)CC4C3C2=O)c1. The van der Waals surface area contributed by atoms with Gasteiger partial charge in [0.25, 0.3) is 5.91 Å². The van der Waals surface area contributed by atoms with Gasteiger partial charge in [-0.15, -0.1) is 0 Å². The third-order valence-electron chi connectivity index (χ3n) is 5.74. The molecule has 4 rings (SSSR count). The number of carbonyl (C=O) groups excluding carboxylic acids is 2. The summed E-state index contributed by atoms with van der Waals surface area (Å²) >= 11 is 0. The zero-order chi connectivity index (χ0) is 18.3. The topological polar surface area (TPSA) is 64.7 Å². The average Bonchev–Trinajstić information content (AvgIpc) is 2.96. The van der Waals surface area contributed by atoms with Gasteiger partial charge in [0.05, 0.1) is 0 Å². The first kappa shape index (κ1) is 17.1. The van der Waals surface area contributed by atoms with E-state index in [0.29, 0.717) is 17.9 Å². The van der Waals surface area contributed by atoms with Crippen molar-refractivity contribution in [3.63, 3.8) is 0 Å². The highest BCUT2D eigenvalue weighted by Gasteiger charge is 2.49. The van der Waals surface area contributed by atoms with E-state index >= 15 is 0 Å². The third kappa shape index (κ3) is 3.21. The molecule has 6 heteroatoms. The van der Waals surface area contributed by atoms with Crippen LogP contribution >= 0.6 is 0 Å². The minimum absolute atomic E-state index is 0.0148. The zero-order valence-corrected chi connectivity index (χ0v) is 15.3. The number of fused-ring (bicyclic) bond motifs is 3. The van der Waals surface area contributed by atoms with Crippen LogP contribution in [0.1, 0.15) is 31.7 Å². The van der Waals surface area contributed by atoms with Gasteiger partial charge in [0, 0.05) is 30.0 Å². The number of carbonyl (C=O) groups is 2. The standard InChI is InChI=1S/C20H26N4O2/c1-13-4-3-5-15(10-13)21-18(25)12-23-8-9-24-19(20(23)26)16-11-14(2)6-7-17(16)22-24/h3-5,8-10,14,16-17,19,22H,6-7,11-12H2,1-2H3,(H,21,25). The number of rotatable bonds is 3. The lowest BCUT2D eigenvalue weighted by atomic mass is 9.76. The minimum Gasteiger partial charge on any atom is -0.325 e. The highest BCUT2D eigenvalue weighted by atomic mass is 16.2. The highest BCUT2D eigenvalue weighted by Crippen LogP contribution is 2.38. The van der Waals surface area contributed by atoms with Gasteiger partial charge in [-0.3, -0.25) is 9.59 Å². The fourth-order valence-corrected chi connectivity index (χ4v) is 4.45. The quantitative estimate of drug-likeness (QED) is 0.874. The van der Waals surface area contributed by atoms with Crippen molar-refractivity contribution in [2.45, 2.75) is 45.2 Å². The molecule has 2 fully saturated rings. The first-order valence-corrected chi connectivity index (χ1v) is 9.41. The van der Waals surface area contributed by atoms with Gasteiger partial charge in [-0.1, -0.05) is 19.1 Å². The Morgan fingerprint density at radius 1 is 1.31 bits per heavy atom. The molecule has 4 unspecified atom stereocenters. The van der Waals surface area contributed by atoms with E-state index in [2.05, 4.69) is 17.7 Å². The molecular formula is C20H26N4O2. The van der Waals surface area contributed by atoms with Crippen molar-refractivity contribution in [1.29, 1.82) is 0 Å². The van der Waals surface area contributed by atoms with E-state index in [1.807, 2.05) is 42.4 Å². The summed E-state index contributed by atoms with van der Waals surface area (Å²) in [5.74, 6) is 0.802. The van der Waals surface area contributed by atoms with Gasteiger partial charge in [0.1, 0.15) is 12.6 Å². The van der Waals surface area contributed by atoms with Gasteiger partial charge in [-0.25, -0.2) is 5.43 Å². The first-order chi connectivity index (χ1) is 12.5. The Morgan fingerprint density at radius 2 is 2.15 bits per heavy atom. The molecule has 1 saturated carbocycles. The van der Waals surface area contributed by atoms with E-state index in [1.165, 1.54) is 6.42 Å². The van der Waals surface area contributed by atoms with Gasteiger partial charge in [0.2, 0.25) is 5.91 Å². The largest absolute Gasteiger partial charge is 0.325 e. The molecule has 2 amide bonds. The van der Waals surface area contributed by atoms with Crippen molar-refractivity contribution in [2.24, 2.45) is 11.8 Å². The fraction of sp³-hybridized carbons (Fsp3) is 0.500. The number of aryl methyl sites for hydroxylation is 1.